The Balaban J connectivity index is 2.03. The summed E-state index contributed by atoms with van der Waals surface area (Å²) < 4.78 is 10.3. The number of aliphatic hydroxyl groups excluding tert-OH is 3. The molecule has 4 atom stereocenters. The van der Waals surface area contributed by atoms with Crippen molar-refractivity contribution in [2.75, 3.05) is 6.61 Å². The van der Waals surface area contributed by atoms with Crippen LogP contribution in [0.1, 0.15) is 0 Å². The molecule has 1 aliphatic rings. The van der Waals surface area contributed by atoms with Crippen LogP contribution >= 0.6 is 0 Å². The normalized spacial score (nSPS) is 30.9. The first-order valence-electron chi connectivity index (χ1n) is 5.56. The molecule has 1 heterocycles. The molecule has 0 aromatic heterocycles. The fourth-order valence-electron chi connectivity index (χ4n) is 1.66. The SMILES string of the molecule is O=[N+]([O-])c1ccc(O[C@H]2OC[C@H](O)[C@H](O)[C@H]2O)cc1. The molecule has 0 bridgehead atoms. The van der Waals surface area contributed by atoms with E-state index in [-0.39, 0.29) is 18.0 Å². The topological polar surface area (TPSA) is 122 Å². The maximum absolute atomic E-state index is 10.5. The third kappa shape index (κ3) is 2.99. The van der Waals surface area contributed by atoms with Gasteiger partial charge >= 0.3 is 0 Å². The third-order valence-corrected chi connectivity index (χ3v) is 2.75. The summed E-state index contributed by atoms with van der Waals surface area (Å²) in [6, 6.07) is 5.20. The average Bonchev–Trinajstić information content (AvgIpc) is 2.40. The highest BCUT2D eigenvalue weighted by Gasteiger charge is 2.38. The molecule has 0 unspecified atom stereocenters. The van der Waals surface area contributed by atoms with Gasteiger partial charge in [0.15, 0.2) is 0 Å². The van der Waals surface area contributed by atoms with Crippen LogP contribution in [-0.4, -0.2) is 51.5 Å². The summed E-state index contributed by atoms with van der Waals surface area (Å²) in [7, 11) is 0. The van der Waals surface area contributed by atoms with Crippen molar-refractivity contribution in [1.82, 2.24) is 0 Å². The second-order valence-corrected chi connectivity index (χ2v) is 4.12. The van der Waals surface area contributed by atoms with E-state index in [1.54, 1.807) is 0 Å². The number of hydrogen-bond acceptors (Lipinski definition) is 7. The van der Waals surface area contributed by atoms with Gasteiger partial charge in [-0.2, -0.15) is 0 Å². The highest BCUT2D eigenvalue weighted by atomic mass is 16.7. The minimum Gasteiger partial charge on any atom is -0.462 e. The Hall–Kier alpha value is -1.74. The quantitative estimate of drug-likeness (QED) is 0.496. The maximum atomic E-state index is 10.5. The molecular weight excluding hydrogens is 258 g/mol. The van der Waals surface area contributed by atoms with Crippen LogP contribution in [0.4, 0.5) is 5.69 Å². The van der Waals surface area contributed by atoms with Crippen LogP contribution in [0.15, 0.2) is 24.3 Å². The van der Waals surface area contributed by atoms with Gasteiger partial charge in [-0.1, -0.05) is 0 Å². The Morgan fingerprint density at radius 2 is 1.84 bits per heavy atom. The van der Waals surface area contributed by atoms with E-state index in [0.717, 1.165) is 0 Å². The van der Waals surface area contributed by atoms with Gasteiger partial charge in [0, 0.05) is 12.1 Å². The zero-order valence-electron chi connectivity index (χ0n) is 9.75. The molecule has 1 aromatic carbocycles. The Kier molecular flexibility index (Phi) is 3.96. The minimum absolute atomic E-state index is 0.0899. The fraction of sp³-hybridized carbons (Fsp3) is 0.455. The largest absolute Gasteiger partial charge is 0.462 e. The molecule has 19 heavy (non-hydrogen) atoms. The molecule has 1 aromatic rings. The third-order valence-electron chi connectivity index (χ3n) is 2.75. The standard InChI is InChI=1S/C11H13NO7/c13-8-5-18-11(10(15)9(8)14)19-7-3-1-6(2-4-7)12(16)17/h1-4,8-11,13-15H,5H2/t8-,9-,10+,11+/m0/s1. The van der Waals surface area contributed by atoms with Crippen LogP contribution in [0.3, 0.4) is 0 Å². The lowest BCUT2D eigenvalue weighted by molar-refractivity contribution is -0.384. The van der Waals surface area contributed by atoms with Gasteiger partial charge in [-0.3, -0.25) is 10.1 Å². The molecule has 8 nitrogen and oxygen atoms in total. The summed E-state index contributed by atoms with van der Waals surface area (Å²) in [5.41, 5.74) is -0.0899. The molecular formula is C11H13NO7. The molecule has 0 saturated carbocycles. The predicted octanol–water partition coefficient (Wildman–Crippen LogP) is -0.587. The number of hydrogen-bond donors (Lipinski definition) is 3. The van der Waals surface area contributed by atoms with E-state index < -0.39 is 29.5 Å². The van der Waals surface area contributed by atoms with E-state index in [0.29, 0.717) is 0 Å². The molecule has 1 fully saturated rings. The molecule has 1 aliphatic heterocycles. The van der Waals surface area contributed by atoms with Gasteiger partial charge in [-0.15, -0.1) is 0 Å². The van der Waals surface area contributed by atoms with Crippen molar-refractivity contribution in [2.45, 2.75) is 24.6 Å². The number of nitro benzene ring substituents is 1. The van der Waals surface area contributed by atoms with Crippen molar-refractivity contribution >= 4 is 5.69 Å². The van der Waals surface area contributed by atoms with Crippen LogP contribution in [0.5, 0.6) is 5.75 Å². The smallest absolute Gasteiger partial charge is 0.269 e. The van der Waals surface area contributed by atoms with Gasteiger partial charge in [-0.25, -0.2) is 0 Å². The van der Waals surface area contributed by atoms with Crippen LogP contribution in [-0.2, 0) is 4.74 Å². The van der Waals surface area contributed by atoms with Crippen molar-refractivity contribution in [2.24, 2.45) is 0 Å². The number of aliphatic hydroxyl groups is 3. The molecule has 1 saturated heterocycles. The van der Waals surface area contributed by atoms with Crippen LogP contribution in [0, 0.1) is 10.1 Å². The van der Waals surface area contributed by atoms with Gasteiger partial charge < -0.3 is 24.8 Å². The highest BCUT2D eigenvalue weighted by molar-refractivity contribution is 5.36. The number of ether oxygens (including phenoxy) is 2. The summed E-state index contributed by atoms with van der Waals surface area (Å²) in [5.74, 6) is 0.248. The molecule has 0 radical (unpaired) electrons. The van der Waals surface area contributed by atoms with E-state index >= 15 is 0 Å². The van der Waals surface area contributed by atoms with E-state index in [9.17, 15) is 25.4 Å². The summed E-state index contributed by atoms with van der Waals surface area (Å²) in [4.78, 5) is 9.93. The summed E-state index contributed by atoms with van der Waals surface area (Å²) >= 11 is 0. The second kappa shape index (κ2) is 5.49. The Morgan fingerprint density at radius 3 is 2.42 bits per heavy atom. The predicted molar refractivity (Wildman–Crippen MR) is 61.5 cm³/mol. The summed E-state index contributed by atoms with van der Waals surface area (Å²) in [6.45, 7) is -0.171. The van der Waals surface area contributed by atoms with Crippen molar-refractivity contribution in [1.29, 1.82) is 0 Å². The van der Waals surface area contributed by atoms with Crippen molar-refractivity contribution < 1.29 is 29.7 Å². The van der Waals surface area contributed by atoms with Gasteiger partial charge in [0.25, 0.3) is 5.69 Å². The number of nitro groups is 1. The Morgan fingerprint density at radius 1 is 1.21 bits per heavy atom. The highest BCUT2D eigenvalue weighted by Crippen LogP contribution is 2.22. The molecule has 8 heteroatoms. The number of non-ortho nitro benzene ring substituents is 1. The maximum Gasteiger partial charge on any atom is 0.269 e. The van der Waals surface area contributed by atoms with Crippen molar-refractivity contribution in [3.05, 3.63) is 34.4 Å². The molecule has 3 N–H and O–H groups in total. The van der Waals surface area contributed by atoms with E-state index in [4.69, 9.17) is 9.47 Å². The second-order valence-electron chi connectivity index (χ2n) is 4.12. The van der Waals surface area contributed by atoms with E-state index in [1.165, 1.54) is 24.3 Å². The first-order chi connectivity index (χ1) is 8.99. The van der Waals surface area contributed by atoms with Gasteiger partial charge in [0.2, 0.25) is 6.29 Å². The lowest BCUT2D eigenvalue weighted by atomic mass is 10.1. The van der Waals surface area contributed by atoms with Crippen molar-refractivity contribution in [3.63, 3.8) is 0 Å². The average molecular weight is 271 g/mol. The number of benzene rings is 1. The lowest BCUT2D eigenvalue weighted by Crippen LogP contribution is -2.54. The van der Waals surface area contributed by atoms with Gasteiger partial charge in [0.05, 0.1) is 11.5 Å². The zero-order chi connectivity index (χ0) is 14.0. The molecule has 0 spiro atoms. The van der Waals surface area contributed by atoms with E-state index in [2.05, 4.69) is 0 Å². The molecule has 0 amide bonds. The van der Waals surface area contributed by atoms with Gasteiger partial charge in [-0.05, 0) is 12.1 Å². The van der Waals surface area contributed by atoms with Gasteiger partial charge in [0.1, 0.15) is 24.1 Å². The molecule has 0 aliphatic carbocycles. The zero-order valence-corrected chi connectivity index (χ0v) is 9.75. The Labute approximate surface area is 108 Å². The monoisotopic (exact) mass is 271 g/mol. The van der Waals surface area contributed by atoms with Crippen LogP contribution < -0.4 is 4.74 Å². The lowest BCUT2D eigenvalue weighted by Gasteiger charge is -2.34. The first-order valence-corrected chi connectivity index (χ1v) is 5.56. The van der Waals surface area contributed by atoms with Crippen LogP contribution in [0.25, 0.3) is 0 Å². The number of rotatable bonds is 3. The molecule has 2 rings (SSSR count). The fourth-order valence-corrected chi connectivity index (χ4v) is 1.66. The Bertz CT molecular complexity index is 449. The summed E-state index contributed by atoms with van der Waals surface area (Å²) in [5, 5.41) is 38.8. The first kappa shape index (κ1) is 13.7. The van der Waals surface area contributed by atoms with Crippen molar-refractivity contribution in [3.8, 4) is 5.75 Å². The molecule has 104 valence electrons. The van der Waals surface area contributed by atoms with E-state index in [1.807, 2.05) is 0 Å². The summed E-state index contributed by atoms with van der Waals surface area (Å²) in [6.07, 6.45) is -5.08. The van der Waals surface area contributed by atoms with Crippen LogP contribution in [0.2, 0.25) is 0 Å². The number of nitrogens with zero attached hydrogens (tertiary/aromatic N) is 1. The minimum atomic E-state index is -1.40.